The zero-order valence-corrected chi connectivity index (χ0v) is 34.2. The molecule has 1 saturated heterocycles. The largest absolute Gasteiger partial charge is 0.530 e. The summed E-state index contributed by atoms with van der Waals surface area (Å²) in [5.41, 5.74) is 5.95. The molecule has 12 heteroatoms. The van der Waals surface area contributed by atoms with Crippen molar-refractivity contribution in [3.05, 3.63) is 192 Å². The van der Waals surface area contributed by atoms with Gasteiger partial charge in [0, 0.05) is 35.8 Å². The van der Waals surface area contributed by atoms with Crippen LogP contribution >= 0.6 is 15.6 Å². The van der Waals surface area contributed by atoms with Gasteiger partial charge in [0.05, 0.1) is 37.6 Å². The molecule has 0 amide bonds. The molecule has 0 spiro atoms. The lowest BCUT2D eigenvalue weighted by Crippen LogP contribution is -2.17. The highest BCUT2D eigenvalue weighted by Crippen LogP contribution is 2.54. The van der Waals surface area contributed by atoms with E-state index in [1.807, 2.05) is 146 Å². The minimum Gasteiger partial charge on any atom is -0.404 e. The molecule has 0 bridgehead atoms. The summed E-state index contributed by atoms with van der Waals surface area (Å²) in [5, 5.41) is 0.644. The standard InChI is InChI=1S/C47H44N2O8P2/c50-58(52-33-37-16-5-1-6-17-37,53-34-38-18-7-2-8-19-38)56-43-25-15-24-41(30-43)46-32-47(44-31-42(26-27-45(44)48-46)49-28-13-14-29-49)57-59(51,54-35-39-20-9-3-10-21-39)55-36-40-22-11-4-12-23-40/h1-12,15-27,30-32H,13-14,28-29,33-36H2. The molecule has 2 heterocycles. The van der Waals surface area contributed by atoms with Crippen LogP contribution in [0.25, 0.3) is 22.2 Å². The average molecular weight is 827 g/mol. The van der Waals surface area contributed by atoms with Gasteiger partial charge in [-0.2, -0.15) is 0 Å². The van der Waals surface area contributed by atoms with Crippen LogP contribution in [0.15, 0.2) is 170 Å². The normalized spacial score (nSPS) is 13.1. The molecular weight excluding hydrogens is 782 g/mol. The first-order chi connectivity index (χ1) is 28.9. The molecule has 1 fully saturated rings. The van der Waals surface area contributed by atoms with Crippen molar-refractivity contribution in [3.8, 4) is 22.8 Å². The smallest absolute Gasteiger partial charge is 0.404 e. The number of phosphoric ester groups is 2. The van der Waals surface area contributed by atoms with Crippen molar-refractivity contribution in [2.45, 2.75) is 39.3 Å². The van der Waals surface area contributed by atoms with Gasteiger partial charge in [0.15, 0.2) is 0 Å². The Bertz CT molecular complexity index is 2450. The number of hydrogen-bond acceptors (Lipinski definition) is 10. The number of anilines is 1. The fraction of sp³-hybridized carbons (Fsp3) is 0.170. The quantitative estimate of drug-likeness (QED) is 0.0776. The number of fused-ring (bicyclic) bond motifs is 1. The predicted octanol–water partition coefficient (Wildman–Crippen LogP) is 12.3. The van der Waals surface area contributed by atoms with Gasteiger partial charge in [0.2, 0.25) is 0 Å². The third kappa shape index (κ3) is 10.9. The van der Waals surface area contributed by atoms with E-state index in [9.17, 15) is 9.13 Å². The molecule has 0 atom stereocenters. The maximum absolute atomic E-state index is 14.7. The van der Waals surface area contributed by atoms with E-state index in [1.165, 1.54) is 0 Å². The summed E-state index contributed by atoms with van der Waals surface area (Å²) in [4.78, 5) is 7.34. The highest BCUT2D eigenvalue weighted by Gasteiger charge is 2.32. The van der Waals surface area contributed by atoms with Crippen LogP contribution in [0.4, 0.5) is 5.69 Å². The van der Waals surface area contributed by atoms with Crippen molar-refractivity contribution in [2.75, 3.05) is 18.0 Å². The summed E-state index contributed by atoms with van der Waals surface area (Å²) >= 11 is 0. The SMILES string of the molecule is O=P(OCc1ccccc1)(OCc1ccccc1)Oc1cccc(-c2cc(OP(=O)(OCc3ccccc3)OCc3ccccc3)c3cc(N4CCCC4)ccc3n2)c1. The van der Waals surface area contributed by atoms with Gasteiger partial charge in [-0.3, -0.25) is 18.1 Å². The first kappa shape index (κ1) is 40.2. The molecule has 0 N–H and O–H groups in total. The second kappa shape index (κ2) is 19.0. The fourth-order valence-electron chi connectivity index (χ4n) is 6.63. The number of hydrogen-bond donors (Lipinski definition) is 0. The van der Waals surface area contributed by atoms with Gasteiger partial charge in [0.25, 0.3) is 0 Å². The molecule has 6 aromatic carbocycles. The summed E-state index contributed by atoms with van der Waals surface area (Å²) in [6.07, 6.45) is 2.21. The molecule has 300 valence electrons. The van der Waals surface area contributed by atoms with Crippen molar-refractivity contribution >= 4 is 32.2 Å². The van der Waals surface area contributed by atoms with Gasteiger partial charge in [-0.05, 0) is 65.4 Å². The molecule has 0 radical (unpaired) electrons. The number of phosphoric acid groups is 2. The minimum absolute atomic E-state index is 0.0000637. The van der Waals surface area contributed by atoms with E-state index in [-0.39, 0.29) is 37.9 Å². The number of pyridine rings is 1. The molecule has 0 saturated carbocycles. The molecule has 1 aliphatic rings. The molecule has 59 heavy (non-hydrogen) atoms. The van der Waals surface area contributed by atoms with Crippen LogP contribution in [-0.4, -0.2) is 18.1 Å². The van der Waals surface area contributed by atoms with Gasteiger partial charge in [0.1, 0.15) is 11.5 Å². The van der Waals surface area contributed by atoms with E-state index in [0.717, 1.165) is 53.9 Å². The van der Waals surface area contributed by atoms with E-state index in [4.69, 9.17) is 32.1 Å². The summed E-state index contributed by atoms with van der Waals surface area (Å²) < 4.78 is 65.4. The summed E-state index contributed by atoms with van der Waals surface area (Å²) in [6.45, 7) is 1.90. The first-order valence-electron chi connectivity index (χ1n) is 19.5. The Kier molecular flexibility index (Phi) is 13.0. The molecule has 7 aromatic rings. The lowest BCUT2D eigenvalue weighted by atomic mass is 10.1. The third-order valence-corrected chi connectivity index (χ3v) is 12.3. The van der Waals surface area contributed by atoms with Crippen LogP contribution in [0.5, 0.6) is 11.5 Å². The van der Waals surface area contributed by atoms with Crippen molar-refractivity contribution in [2.24, 2.45) is 0 Å². The number of benzene rings is 6. The fourth-order valence-corrected chi connectivity index (χ4v) is 8.98. The van der Waals surface area contributed by atoms with Crippen LogP contribution in [0.2, 0.25) is 0 Å². The Morgan fingerprint density at radius 1 is 0.492 bits per heavy atom. The van der Waals surface area contributed by atoms with Crippen LogP contribution in [0.1, 0.15) is 35.1 Å². The first-order valence-corrected chi connectivity index (χ1v) is 22.4. The van der Waals surface area contributed by atoms with Crippen LogP contribution in [0, 0.1) is 0 Å². The molecule has 1 aliphatic heterocycles. The highest BCUT2D eigenvalue weighted by molar-refractivity contribution is 7.49. The van der Waals surface area contributed by atoms with E-state index < -0.39 is 15.6 Å². The Labute approximate surface area is 344 Å². The summed E-state index contributed by atoms with van der Waals surface area (Å²) in [6, 6.07) is 52.4. The average Bonchev–Trinajstić information content (AvgIpc) is 3.84. The van der Waals surface area contributed by atoms with E-state index in [1.54, 1.807) is 24.3 Å². The van der Waals surface area contributed by atoms with E-state index >= 15 is 0 Å². The maximum Gasteiger partial charge on any atom is 0.530 e. The summed E-state index contributed by atoms with van der Waals surface area (Å²) in [7, 11) is -8.43. The highest BCUT2D eigenvalue weighted by atomic mass is 31.2. The molecule has 0 unspecified atom stereocenters. The lowest BCUT2D eigenvalue weighted by molar-refractivity contribution is 0.142. The molecule has 10 nitrogen and oxygen atoms in total. The second-order valence-electron chi connectivity index (χ2n) is 14.0. The van der Waals surface area contributed by atoms with Crippen molar-refractivity contribution < 1.29 is 36.3 Å². The molecule has 8 rings (SSSR count). The second-order valence-corrected chi connectivity index (χ2v) is 17.2. The van der Waals surface area contributed by atoms with Gasteiger partial charge < -0.3 is 13.9 Å². The van der Waals surface area contributed by atoms with Gasteiger partial charge in [-0.1, -0.05) is 133 Å². The van der Waals surface area contributed by atoms with Crippen LogP contribution in [0.3, 0.4) is 0 Å². The maximum atomic E-state index is 14.7. The van der Waals surface area contributed by atoms with E-state index in [2.05, 4.69) is 4.90 Å². The van der Waals surface area contributed by atoms with Crippen molar-refractivity contribution in [3.63, 3.8) is 0 Å². The number of rotatable bonds is 18. The van der Waals surface area contributed by atoms with Crippen molar-refractivity contribution in [1.82, 2.24) is 4.98 Å². The topological polar surface area (TPSA) is 106 Å². The number of nitrogens with zero attached hydrogens (tertiary/aromatic N) is 2. The molecule has 0 aliphatic carbocycles. The Morgan fingerprint density at radius 2 is 0.966 bits per heavy atom. The van der Waals surface area contributed by atoms with Crippen LogP contribution in [-0.2, 0) is 53.7 Å². The van der Waals surface area contributed by atoms with E-state index in [0.29, 0.717) is 22.2 Å². The number of aromatic nitrogens is 1. The van der Waals surface area contributed by atoms with Crippen LogP contribution < -0.4 is 13.9 Å². The Hall–Kier alpha value is -5.57. The Morgan fingerprint density at radius 3 is 1.46 bits per heavy atom. The third-order valence-electron chi connectivity index (χ3n) is 9.71. The Balaban J connectivity index is 1.13. The molecule has 1 aromatic heterocycles. The minimum atomic E-state index is -4.27. The zero-order valence-electron chi connectivity index (χ0n) is 32.4. The summed E-state index contributed by atoms with van der Waals surface area (Å²) in [5.74, 6) is 0.508. The predicted molar refractivity (Wildman–Crippen MR) is 230 cm³/mol. The molecular formula is C47H44N2O8P2. The van der Waals surface area contributed by atoms with Gasteiger partial charge >= 0.3 is 15.6 Å². The van der Waals surface area contributed by atoms with Gasteiger partial charge in [-0.15, -0.1) is 0 Å². The lowest BCUT2D eigenvalue weighted by Gasteiger charge is -2.22. The zero-order chi connectivity index (χ0) is 40.3. The van der Waals surface area contributed by atoms with Crippen molar-refractivity contribution in [1.29, 1.82) is 0 Å². The monoisotopic (exact) mass is 826 g/mol. The van der Waals surface area contributed by atoms with Gasteiger partial charge in [-0.25, -0.2) is 14.1 Å².